The maximum atomic E-state index is 10.2. The van der Waals surface area contributed by atoms with Crippen molar-refractivity contribution in [2.75, 3.05) is 6.61 Å². The Kier molecular flexibility index (Phi) is 40.1. The molecule has 0 aromatic rings. The van der Waals surface area contributed by atoms with E-state index in [4.69, 9.17) is 10.2 Å². The third kappa shape index (κ3) is 41.7. The monoisotopic (exact) mass is 400 g/mol. The minimum atomic E-state index is -0.903. The van der Waals surface area contributed by atoms with Crippen LogP contribution in [0.3, 0.4) is 0 Å². The second-order valence-corrected chi connectivity index (χ2v) is 7.10. The minimum absolute atomic E-state index is 0. The quantitative estimate of drug-likeness (QED) is 0.274. The van der Waals surface area contributed by atoms with Crippen molar-refractivity contribution >= 4 is 5.97 Å². The number of carbonyl (C=O) groups excluding carboxylic acids is 1. The third-order valence-corrected chi connectivity index (χ3v) is 4.25. The number of rotatable bonds is 17. The first-order valence-corrected chi connectivity index (χ1v) is 10.5. The molecule has 1 atom stereocenters. The average Bonchev–Trinajstić information content (AvgIpc) is 2.58. The number of hydrogen-bond donors (Lipinski definition) is 2. The number of carboxylic acid groups (broad SMARTS) is 1. The van der Waals surface area contributed by atoms with E-state index in [0.29, 0.717) is 0 Å². The topological polar surface area (TPSA) is 112 Å². The SMILES string of the molecule is CC(O)CO.CCCCCCCCCCCCCCCCCC(=O)[O-].O.[Na+]. The first-order valence-electron chi connectivity index (χ1n) is 10.5. The summed E-state index contributed by atoms with van der Waals surface area (Å²) < 4.78 is 0. The molecule has 0 aliphatic heterocycles. The van der Waals surface area contributed by atoms with Gasteiger partial charge in [-0.1, -0.05) is 96.8 Å². The summed E-state index contributed by atoms with van der Waals surface area (Å²) in [5.41, 5.74) is 0. The predicted octanol–water partition coefficient (Wildman–Crippen LogP) is 0.537. The van der Waals surface area contributed by atoms with Gasteiger partial charge in [0.15, 0.2) is 0 Å². The zero-order valence-corrected chi connectivity index (χ0v) is 20.3. The fourth-order valence-corrected chi connectivity index (χ4v) is 2.64. The van der Waals surface area contributed by atoms with Crippen molar-refractivity contribution in [3.8, 4) is 0 Å². The van der Waals surface area contributed by atoms with Gasteiger partial charge in [-0.05, 0) is 19.8 Å². The first kappa shape index (κ1) is 34.8. The van der Waals surface area contributed by atoms with E-state index < -0.39 is 12.1 Å². The van der Waals surface area contributed by atoms with Gasteiger partial charge in [0.25, 0.3) is 0 Å². The normalized spacial score (nSPS) is 10.8. The number of aliphatic hydroxyl groups is 2. The van der Waals surface area contributed by atoms with Gasteiger partial charge in [-0.15, -0.1) is 0 Å². The standard InChI is InChI=1S/C18H36O2.C3H8O2.Na.H2O/c1-2-3-4-5-6-7-8-9-10-11-12-13-14-15-16-17-18(19)20;1-3(5)2-4;;/h2-17H2,1H3,(H,19,20);3-5H,2H2,1H3;;1H2/q;;+1;/p-1. The molecule has 0 radical (unpaired) electrons. The molecule has 0 aromatic carbocycles. The summed E-state index contributed by atoms with van der Waals surface area (Å²) in [5, 5.41) is 26.2. The van der Waals surface area contributed by atoms with Crippen LogP contribution in [0.2, 0.25) is 0 Å². The number of unbranched alkanes of at least 4 members (excludes halogenated alkanes) is 14. The number of aliphatic carboxylic acids is 1. The number of carboxylic acids is 1. The van der Waals surface area contributed by atoms with Gasteiger partial charge in [0.1, 0.15) is 0 Å². The molecule has 160 valence electrons. The molecule has 5 nitrogen and oxygen atoms in total. The molecule has 0 amide bonds. The number of aliphatic hydroxyl groups excluding tert-OH is 2. The molecule has 0 aliphatic rings. The van der Waals surface area contributed by atoms with Gasteiger partial charge >= 0.3 is 29.6 Å². The van der Waals surface area contributed by atoms with E-state index in [1.54, 1.807) is 0 Å². The van der Waals surface area contributed by atoms with E-state index in [-0.39, 0.29) is 48.1 Å². The first-order chi connectivity index (χ1) is 12.0. The van der Waals surface area contributed by atoms with E-state index >= 15 is 0 Å². The van der Waals surface area contributed by atoms with Crippen molar-refractivity contribution in [2.24, 2.45) is 0 Å². The Hall–Kier alpha value is 0.350. The molecule has 0 spiro atoms. The Morgan fingerprint density at radius 2 is 1.04 bits per heavy atom. The van der Waals surface area contributed by atoms with Crippen molar-refractivity contribution in [1.82, 2.24) is 0 Å². The van der Waals surface area contributed by atoms with E-state index in [0.717, 1.165) is 12.8 Å². The van der Waals surface area contributed by atoms with Crippen molar-refractivity contribution in [3.05, 3.63) is 0 Å². The second-order valence-electron chi connectivity index (χ2n) is 7.10. The van der Waals surface area contributed by atoms with Gasteiger partial charge in [0.2, 0.25) is 0 Å². The maximum absolute atomic E-state index is 10.2. The summed E-state index contributed by atoms with van der Waals surface area (Å²) in [7, 11) is 0. The second kappa shape index (κ2) is 31.1. The fourth-order valence-electron chi connectivity index (χ4n) is 2.64. The smallest absolute Gasteiger partial charge is 0.550 e. The Morgan fingerprint density at radius 1 is 0.778 bits per heavy atom. The molecular weight excluding hydrogens is 355 g/mol. The van der Waals surface area contributed by atoms with E-state index in [1.807, 2.05) is 0 Å². The Morgan fingerprint density at radius 3 is 1.26 bits per heavy atom. The van der Waals surface area contributed by atoms with Gasteiger partial charge in [-0.2, -0.15) is 0 Å². The summed E-state index contributed by atoms with van der Waals surface area (Å²) in [4.78, 5) is 10.2. The molecule has 1 unspecified atom stereocenters. The van der Waals surface area contributed by atoms with Crippen LogP contribution in [-0.2, 0) is 4.79 Å². The predicted molar refractivity (Wildman–Crippen MR) is 107 cm³/mol. The number of hydrogen-bond acceptors (Lipinski definition) is 4. The van der Waals surface area contributed by atoms with Crippen molar-refractivity contribution in [2.45, 2.75) is 123 Å². The van der Waals surface area contributed by atoms with E-state index in [9.17, 15) is 9.90 Å². The Labute approximate surface area is 189 Å². The molecule has 0 aromatic heterocycles. The summed E-state index contributed by atoms with van der Waals surface area (Å²) in [6.07, 6.45) is 19.3. The third-order valence-electron chi connectivity index (χ3n) is 4.25. The van der Waals surface area contributed by atoms with Crippen LogP contribution in [-0.4, -0.2) is 34.4 Å². The van der Waals surface area contributed by atoms with Crippen molar-refractivity contribution < 1.29 is 55.1 Å². The molecule has 0 aliphatic carbocycles. The molecule has 0 saturated carbocycles. The minimum Gasteiger partial charge on any atom is -0.550 e. The van der Waals surface area contributed by atoms with Crippen LogP contribution in [0.25, 0.3) is 0 Å². The van der Waals surface area contributed by atoms with Crippen LogP contribution in [0.4, 0.5) is 0 Å². The zero-order chi connectivity index (χ0) is 19.2. The van der Waals surface area contributed by atoms with Crippen molar-refractivity contribution in [1.29, 1.82) is 0 Å². The molecular formula is C21H45NaO5. The molecule has 0 fully saturated rings. The summed E-state index contributed by atoms with van der Waals surface area (Å²) in [6.45, 7) is 3.66. The molecule has 0 bridgehead atoms. The zero-order valence-electron chi connectivity index (χ0n) is 18.3. The molecule has 0 heterocycles. The molecule has 4 N–H and O–H groups in total. The maximum Gasteiger partial charge on any atom is 1.00 e. The summed E-state index contributed by atoms with van der Waals surface area (Å²) >= 11 is 0. The van der Waals surface area contributed by atoms with Gasteiger partial charge in [-0.25, -0.2) is 0 Å². The van der Waals surface area contributed by atoms with Crippen LogP contribution in [0.5, 0.6) is 0 Å². The average molecular weight is 401 g/mol. The van der Waals surface area contributed by atoms with Gasteiger partial charge in [0.05, 0.1) is 12.7 Å². The van der Waals surface area contributed by atoms with Crippen LogP contribution in [0.1, 0.15) is 117 Å². The summed E-state index contributed by atoms with van der Waals surface area (Å²) in [5.74, 6) is -0.903. The van der Waals surface area contributed by atoms with Gasteiger partial charge in [0, 0.05) is 5.97 Å². The molecule has 0 saturated heterocycles. The van der Waals surface area contributed by atoms with E-state index in [1.165, 1.54) is 90.4 Å². The largest absolute Gasteiger partial charge is 1.00 e. The molecule has 6 heteroatoms. The number of carbonyl (C=O) groups is 1. The fraction of sp³-hybridized carbons (Fsp3) is 0.952. The van der Waals surface area contributed by atoms with Crippen LogP contribution in [0.15, 0.2) is 0 Å². The van der Waals surface area contributed by atoms with Crippen LogP contribution >= 0.6 is 0 Å². The molecule has 0 rings (SSSR count). The van der Waals surface area contributed by atoms with Gasteiger partial charge in [-0.3, -0.25) is 0 Å². The Balaban J connectivity index is -0.000000333. The van der Waals surface area contributed by atoms with Gasteiger partial charge < -0.3 is 25.6 Å². The van der Waals surface area contributed by atoms with Crippen molar-refractivity contribution in [3.63, 3.8) is 0 Å². The molecule has 27 heavy (non-hydrogen) atoms. The summed E-state index contributed by atoms with van der Waals surface area (Å²) in [6, 6.07) is 0. The Bertz CT molecular complexity index is 263. The van der Waals surface area contributed by atoms with Crippen LogP contribution in [0, 0.1) is 0 Å². The van der Waals surface area contributed by atoms with E-state index in [2.05, 4.69) is 6.92 Å². The van der Waals surface area contributed by atoms with Crippen LogP contribution < -0.4 is 34.7 Å².